The SMILES string of the molecule is Cc1nccn1Cc1nnc(C2CCN(S(=O)(=O)N(C)C)CC2)n1C. The van der Waals surface area contributed by atoms with Gasteiger partial charge in [0.25, 0.3) is 10.2 Å². The Morgan fingerprint density at radius 2 is 1.92 bits per heavy atom. The van der Waals surface area contributed by atoms with Gasteiger partial charge in [-0.15, -0.1) is 10.2 Å². The van der Waals surface area contributed by atoms with Crippen molar-refractivity contribution in [2.75, 3.05) is 27.2 Å². The maximum atomic E-state index is 12.2. The Hall–Kier alpha value is -1.78. The van der Waals surface area contributed by atoms with E-state index in [2.05, 4.69) is 15.2 Å². The summed E-state index contributed by atoms with van der Waals surface area (Å²) in [6, 6.07) is 0. The predicted octanol–water partition coefficient (Wildman–Crippen LogP) is 0.354. The van der Waals surface area contributed by atoms with Gasteiger partial charge < -0.3 is 9.13 Å². The molecular formula is C15H25N7O2S. The van der Waals surface area contributed by atoms with Crippen LogP contribution >= 0.6 is 0 Å². The molecule has 0 aromatic carbocycles. The molecule has 0 atom stereocenters. The summed E-state index contributed by atoms with van der Waals surface area (Å²) < 4.78 is 31.3. The molecule has 0 aliphatic carbocycles. The highest BCUT2D eigenvalue weighted by molar-refractivity contribution is 7.86. The highest BCUT2D eigenvalue weighted by Crippen LogP contribution is 2.28. The third-order valence-corrected chi connectivity index (χ3v) is 6.78. The Kier molecular flexibility index (Phi) is 4.94. The van der Waals surface area contributed by atoms with E-state index in [9.17, 15) is 8.42 Å². The zero-order valence-corrected chi connectivity index (χ0v) is 15.9. The molecule has 3 rings (SSSR count). The van der Waals surface area contributed by atoms with E-state index in [1.54, 1.807) is 20.3 Å². The fraction of sp³-hybridized carbons (Fsp3) is 0.667. The molecule has 138 valence electrons. The van der Waals surface area contributed by atoms with Crippen LogP contribution in [-0.2, 0) is 23.8 Å². The molecule has 0 radical (unpaired) electrons. The van der Waals surface area contributed by atoms with Gasteiger partial charge in [0, 0.05) is 52.5 Å². The monoisotopic (exact) mass is 367 g/mol. The third kappa shape index (κ3) is 3.46. The molecule has 0 saturated carbocycles. The molecule has 2 aromatic rings. The standard InChI is InChI=1S/C15H25N7O2S/c1-12-16-7-10-21(12)11-14-17-18-15(20(14)4)13-5-8-22(9-6-13)25(23,24)19(2)3/h7,10,13H,5-6,8-9,11H2,1-4H3. The van der Waals surface area contributed by atoms with Gasteiger partial charge in [-0.05, 0) is 19.8 Å². The van der Waals surface area contributed by atoms with Gasteiger partial charge in [-0.1, -0.05) is 0 Å². The second kappa shape index (κ2) is 6.85. The van der Waals surface area contributed by atoms with Crippen molar-refractivity contribution in [1.82, 2.24) is 32.9 Å². The summed E-state index contributed by atoms with van der Waals surface area (Å²) in [6.45, 7) is 3.60. The van der Waals surface area contributed by atoms with Gasteiger partial charge in [0.05, 0.1) is 6.54 Å². The Morgan fingerprint density at radius 1 is 1.24 bits per heavy atom. The topological polar surface area (TPSA) is 89.2 Å². The van der Waals surface area contributed by atoms with Crippen molar-refractivity contribution in [1.29, 1.82) is 0 Å². The van der Waals surface area contributed by atoms with Gasteiger partial charge in [-0.3, -0.25) is 0 Å². The molecule has 1 aliphatic rings. The van der Waals surface area contributed by atoms with Crippen molar-refractivity contribution in [3.63, 3.8) is 0 Å². The largest absolute Gasteiger partial charge is 0.328 e. The number of piperidine rings is 1. The quantitative estimate of drug-likeness (QED) is 0.761. The molecule has 25 heavy (non-hydrogen) atoms. The van der Waals surface area contributed by atoms with Crippen LogP contribution < -0.4 is 0 Å². The summed E-state index contributed by atoms with van der Waals surface area (Å²) in [6.07, 6.45) is 5.20. The lowest BCUT2D eigenvalue weighted by Crippen LogP contribution is -2.44. The van der Waals surface area contributed by atoms with Crippen molar-refractivity contribution in [3.05, 3.63) is 29.9 Å². The first kappa shape index (κ1) is 18.0. The summed E-state index contributed by atoms with van der Waals surface area (Å²) >= 11 is 0. The average molecular weight is 367 g/mol. The maximum absolute atomic E-state index is 12.2. The number of hydrogen-bond donors (Lipinski definition) is 0. The third-order valence-electron chi connectivity index (χ3n) is 4.84. The molecule has 10 heteroatoms. The van der Waals surface area contributed by atoms with E-state index in [0.29, 0.717) is 19.6 Å². The second-order valence-corrected chi connectivity index (χ2v) is 8.74. The van der Waals surface area contributed by atoms with Crippen LogP contribution in [0.25, 0.3) is 0 Å². The number of imidazole rings is 1. The molecule has 0 N–H and O–H groups in total. The first-order valence-electron chi connectivity index (χ1n) is 8.34. The summed E-state index contributed by atoms with van der Waals surface area (Å²) in [7, 11) is 1.76. The number of nitrogens with zero attached hydrogens (tertiary/aromatic N) is 7. The fourth-order valence-electron chi connectivity index (χ4n) is 3.17. The van der Waals surface area contributed by atoms with Crippen molar-refractivity contribution < 1.29 is 8.42 Å². The van der Waals surface area contributed by atoms with Gasteiger partial charge in [-0.25, -0.2) is 4.98 Å². The van der Waals surface area contributed by atoms with Crippen LogP contribution in [0.3, 0.4) is 0 Å². The van der Waals surface area contributed by atoms with E-state index in [1.165, 1.54) is 8.61 Å². The van der Waals surface area contributed by atoms with E-state index in [4.69, 9.17) is 0 Å². The van der Waals surface area contributed by atoms with Gasteiger partial charge in [0.15, 0.2) is 5.82 Å². The van der Waals surface area contributed by atoms with Crippen molar-refractivity contribution in [2.45, 2.75) is 32.2 Å². The molecule has 9 nitrogen and oxygen atoms in total. The number of rotatable bonds is 5. The van der Waals surface area contributed by atoms with Crippen molar-refractivity contribution >= 4 is 10.2 Å². The van der Waals surface area contributed by atoms with Crippen molar-refractivity contribution in [3.8, 4) is 0 Å². The van der Waals surface area contributed by atoms with Gasteiger partial charge >= 0.3 is 0 Å². The molecule has 0 spiro atoms. The Labute approximate surface area is 148 Å². The van der Waals surface area contributed by atoms with E-state index >= 15 is 0 Å². The van der Waals surface area contributed by atoms with Crippen LogP contribution in [0, 0.1) is 6.92 Å². The van der Waals surface area contributed by atoms with E-state index in [-0.39, 0.29) is 5.92 Å². The minimum absolute atomic E-state index is 0.226. The van der Waals surface area contributed by atoms with Gasteiger partial charge in [0.1, 0.15) is 11.6 Å². The van der Waals surface area contributed by atoms with Crippen LogP contribution in [0.1, 0.15) is 36.2 Å². The van der Waals surface area contributed by atoms with Crippen molar-refractivity contribution in [2.24, 2.45) is 7.05 Å². The van der Waals surface area contributed by atoms with Crippen LogP contribution in [0.4, 0.5) is 0 Å². The molecule has 2 aromatic heterocycles. The van der Waals surface area contributed by atoms with Gasteiger partial charge in [-0.2, -0.15) is 17.0 Å². The lowest BCUT2D eigenvalue weighted by Gasteiger charge is -2.32. The smallest absolute Gasteiger partial charge is 0.281 e. The van der Waals surface area contributed by atoms with E-state index in [0.717, 1.165) is 30.3 Å². The lowest BCUT2D eigenvalue weighted by molar-refractivity contribution is 0.295. The molecule has 0 amide bonds. The van der Waals surface area contributed by atoms with Crippen LogP contribution in [0.15, 0.2) is 12.4 Å². The number of aromatic nitrogens is 5. The fourth-order valence-corrected chi connectivity index (χ4v) is 4.30. The van der Waals surface area contributed by atoms with E-state index < -0.39 is 10.2 Å². The summed E-state index contributed by atoms with van der Waals surface area (Å²) in [5, 5.41) is 8.70. The minimum atomic E-state index is -3.34. The van der Waals surface area contributed by atoms with Crippen LogP contribution in [0.5, 0.6) is 0 Å². The maximum Gasteiger partial charge on any atom is 0.281 e. The Morgan fingerprint density at radius 3 is 2.48 bits per heavy atom. The number of hydrogen-bond acceptors (Lipinski definition) is 5. The predicted molar refractivity (Wildman–Crippen MR) is 93.2 cm³/mol. The molecule has 1 saturated heterocycles. The summed E-state index contributed by atoms with van der Waals surface area (Å²) in [4.78, 5) is 4.22. The van der Waals surface area contributed by atoms with E-state index in [1.807, 2.05) is 29.3 Å². The highest BCUT2D eigenvalue weighted by atomic mass is 32.2. The Balaban J connectivity index is 1.69. The molecule has 0 unspecified atom stereocenters. The summed E-state index contributed by atoms with van der Waals surface area (Å²) in [5.74, 6) is 2.96. The zero-order chi connectivity index (χ0) is 18.2. The molecular weight excluding hydrogens is 342 g/mol. The normalized spacial score (nSPS) is 17.5. The highest BCUT2D eigenvalue weighted by Gasteiger charge is 2.32. The number of aryl methyl sites for hydroxylation is 1. The minimum Gasteiger partial charge on any atom is -0.328 e. The lowest BCUT2D eigenvalue weighted by atomic mass is 9.97. The second-order valence-electron chi connectivity index (χ2n) is 6.60. The van der Waals surface area contributed by atoms with Crippen LogP contribution in [-0.4, -0.2) is 68.5 Å². The average Bonchev–Trinajstić information content (AvgIpc) is 3.14. The molecule has 1 aliphatic heterocycles. The van der Waals surface area contributed by atoms with Crippen LogP contribution in [0.2, 0.25) is 0 Å². The first-order chi connectivity index (χ1) is 11.8. The summed E-state index contributed by atoms with van der Waals surface area (Å²) in [5.41, 5.74) is 0. The Bertz CT molecular complexity index is 832. The van der Waals surface area contributed by atoms with Gasteiger partial charge in [0.2, 0.25) is 0 Å². The molecule has 0 bridgehead atoms. The molecule has 1 fully saturated rings. The molecule has 3 heterocycles. The zero-order valence-electron chi connectivity index (χ0n) is 15.1. The first-order valence-corrected chi connectivity index (χ1v) is 9.74.